The summed E-state index contributed by atoms with van der Waals surface area (Å²) in [7, 11) is 0. The summed E-state index contributed by atoms with van der Waals surface area (Å²) in [6.07, 6.45) is 3.15. The molecule has 130 valence electrons. The highest BCUT2D eigenvalue weighted by Gasteiger charge is 2.19. The first-order chi connectivity index (χ1) is 11.2. The molecule has 0 fully saturated rings. The number of nitrogens with zero attached hydrogens (tertiary/aromatic N) is 2. The highest BCUT2D eigenvalue weighted by molar-refractivity contribution is 8.00. The number of aliphatic carboxylic acids is 1. The van der Waals surface area contributed by atoms with E-state index in [0.717, 1.165) is 9.97 Å². The number of anilines is 1. The molecule has 0 unspecified atom stereocenters. The number of hydrogen-bond donors (Lipinski definition) is 2. The molecular weight excluding hydrogens is 350 g/mol. The molecule has 0 aliphatic carbocycles. The van der Waals surface area contributed by atoms with E-state index in [1.807, 2.05) is 0 Å². The molecule has 0 atom stereocenters. The van der Waals surface area contributed by atoms with Gasteiger partial charge >= 0.3 is 5.97 Å². The number of nitrogens with one attached hydrogen (secondary N) is 1. The Hall–Kier alpha value is -1.87. The second-order valence-corrected chi connectivity index (χ2v) is 8.39. The van der Waals surface area contributed by atoms with Crippen LogP contribution in [0.2, 0.25) is 0 Å². The van der Waals surface area contributed by atoms with Gasteiger partial charge in [0.15, 0.2) is 5.13 Å². The van der Waals surface area contributed by atoms with E-state index in [0.29, 0.717) is 16.8 Å². The Kier molecular flexibility index (Phi) is 6.00. The summed E-state index contributed by atoms with van der Waals surface area (Å²) in [6, 6.07) is 0. The number of oxazole rings is 1. The Balaban J connectivity index is 1.84. The van der Waals surface area contributed by atoms with Crippen LogP contribution in [-0.2, 0) is 20.8 Å². The number of aromatic nitrogens is 2. The topological polar surface area (TPSA) is 105 Å². The summed E-state index contributed by atoms with van der Waals surface area (Å²) in [6.45, 7) is 6.19. The molecule has 1 amide bonds. The fourth-order valence-electron chi connectivity index (χ4n) is 1.64. The number of carboxylic acid groups (broad SMARTS) is 1. The lowest BCUT2D eigenvalue weighted by Crippen LogP contribution is -2.12. The SMILES string of the molecule is CC(C)(C)c1cnc(CSc2cnc(NC(=O)CCC(=O)O)s2)o1. The third-order valence-corrected chi connectivity index (χ3v) is 5.02. The monoisotopic (exact) mass is 369 g/mol. The van der Waals surface area contributed by atoms with Crippen LogP contribution < -0.4 is 5.32 Å². The fraction of sp³-hybridized carbons (Fsp3) is 0.467. The van der Waals surface area contributed by atoms with Crippen molar-refractivity contribution >= 4 is 40.1 Å². The Morgan fingerprint density at radius 2 is 2.04 bits per heavy atom. The summed E-state index contributed by atoms with van der Waals surface area (Å²) in [5.41, 5.74) is -0.0756. The molecule has 2 rings (SSSR count). The lowest BCUT2D eigenvalue weighted by Gasteiger charge is -2.12. The second-order valence-electron chi connectivity index (χ2n) is 6.08. The lowest BCUT2D eigenvalue weighted by molar-refractivity contribution is -0.138. The summed E-state index contributed by atoms with van der Waals surface area (Å²) in [4.78, 5) is 30.4. The number of carboxylic acids is 1. The molecular formula is C15H19N3O4S2. The van der Waals surface area contributed by atoms with Gasteiger partial charge in [0.05, 0.1) is 28.8 Å². The van der Waals surface area contributed by atoms with Gasteiger partial charge in [-0.25, -0.2) is 9.97 Å². The molecule has 7 nitrogen and oxygen atoms in total. The summed E-state index contributed by atoms with van der Waals surface area (Å²) in [5.74, 6) is 0.705. The maximum absolute atomic E-state index is 11.6. The minimum absolute atomic E-state index is 0.0662. The minimum atomic E-state index is -0.999. The van der Waals surface area contributed by atoms with E-state index in [9.17, 15) is 9.59 Å². The molecule has 0 aromatic carbocycles. The van der Waals surface area contributed by atoms with Gasteiger partial charge < -0.3 is 14.8 Å². The van der Waals surface area contributed by atoms with Crippen molar-refractivity contribution in [3.8, 4) is 0 Å². The molecule has 0 aliphatic heterocycles. The average Bonchev–Trinajstić information content (AvgIpc) is 3.11. The zero-order chi connectivity index (χ0) is 17.7. The van der Waals surface area contributed by atoms with Gasteiger partial charge in [0.1, 0.15) is 5.76 Å². The van der Waals surface area contributed by atoms with Crippen molar-refractivity contribution in [3.05, 3.63) is 24.0 Å². The van der Waals surface area contributed by atoms with Gasteiger partial charge in [0.2, 0.25) is 11.8 Å². The summed E-state index contributed by atoms with van der Waals surface area (Å²) in [5, 5.41) is 11.6. The standard InChI is InChI=1S/C15H19N3O4S2/c1-15(2,3)9-6-16-11(22-9)8-23-13-7-17-14(24-13)18-10(19)4-5-12(20)21/h6-7H,4-5,8H2,1-3H3,(H,20,21)(H,17,18,19). The van der Waals surface area contributed by atoms with Crippen molar-refractivity contribution in [2.24, 2.45) is 0 Å². The van der Waals surface area contributed by atoms with E-state index in [1.54, 1.807) is 12.4 Å². The molecule has 24 heavy (non-hydrogen) atoms. The smallest absolute Gasteiger partial charge is 0.303 e. The van der Waals surface area contributed by atoms with Gasteiger partial charge in [-0.1, -0.05) is 32.1 Å². The van der Waals surface area contributed by atoms with Crippen LogP contribution in [0.1, 0.15) is 45.3 Å². The molecule has 2 heterocycles. The summed E-state index contributed by atoms with van der Waals surface area (Å²) >= 11 is 2.85. The largest absolute Gasteiger partial charge is 0.481 e. The Bertz CT molecular complexity index is 718. The molecule has 0 radical (unpaired) electrons. The molecule has 0 saturated heterocycles. The van der Waals surface area contributed by atoms with E-state index in [-0.39, 0.29) is 24.2 Å². The number of carbonyl (C=O) groups excluding carboxylic acids is 1. The van der Waals surface area contributed by atoms with Gasteiger partial charge in [-0.2, -0.15) is 0 Å². The van der Waals surface area contributed by atoms with Crippen molar-refractivity contribution < 1.29 is 19.1 Å². The Labute approximate surface area is 147 Å². The maximum atomic E-state index is 11.6. The van der Waals surface area contributed by atoms with Gasteiger partial charge in [-0.15, -0.1) is 11.8 Å². The molecule has 9 heteroatoms. The fourth-order valence-corrected chi connectivity index (χ4v) is 3.38. The number of hydrogen-bond acceptors (Lipinski definition) is 7. The zero-order valence-corrected chi connectivity index (χ0v) is 15.3. The molecule has 0 spiro atoms. The van der Waals surface area contributed by atoms with Crippen LogP contribution in [0.5, 0.6) is 0 Å². The number of carbonyl (C=O) groups is 2. The van der Waals surface area contributed by atoms with Crippen molar-refractivity contribution in [2.75, 3.05) is 5.32 Å². The van der Waals surface area contributed by atoms with Crippen molar-refractivity contribution in [1.82, 2.24) is 9.97 Å². The predicted octanol–water partition coefficient (Wildman–Crippen LogP) is 3.52. The van der Waals surface area contributed by atoms with Gasteiger partial charge in [-0.3, -0.25) is 9.59 Å². The summed E-state index contributed by atoms with van der Waals surface area (Å²) < 4.78 is 6.64. The van der Waals surface area contributed by atoms with E-state index in [4.69, 9.17) is 9.52 Å². The van der Waals surface area contributed by atoms with Gasteiger partial charge in [0.25, 0.3) is 0 Å². The number of amides is 1. The Morgan fingerprint density at radius 1 is 1.29 bits per heavy atom. The quantitative estimate of drug-likeness (QED) is 0.719. The third-order valence-electron chi connectivity index (χ3n) is 2.93. The zero-order valence-electron chi connectivity index (χ0n) is 13.7. The van der Waals surface area contributed by atoms with Gasteiger partial charge in [-0.05, 0) is 0 Å². The highest BCUT2D eigenvalue weighted by atomic mass is 32.2. The van der Waals surface area contributed by atoms with Crippen LogP contribution in [0.15, 0.2) is 21.0 Å². The number of thioether (sulfide) groups is 1. The normalized spacial score (nSPS) is 11.5. The molecule has 2 aromatic rings. The van der Waals surface area contributed by atoms with E-state index in [1.165, 1.54) is 23.1 Å². The van der Waals surface area contributed by atoms with Crippen LogP contribution in [0, 0.1) is 0 Å². The molecule has 0 aliphatic rings. The highest BCUT2D eigenvalue weighted by Crippen LogP contribution is 2.31. The van der Waals surface area contributed by atoms with Crippen LogP contribution >= 0.6 is 23.1 Å². The molecule has 2 aromatic heterocycles. The van der Waals surface area contributed by atoms with E-state index >= 15 is 0 Å². The molecule has 0 saturated carbocycles. The van der Waals surface area contributed by atoms with Gasteiger partial charge in [0, 0.05) is 11.8 Å². The van der Waals surface area contributed by atoms with Crippen molar-refractivity contribution in [3.63, 3.8) is 0 Å². The molecule has 2 N–H and O–H groups in total. The number of rotatable bonds is 7. The van der Waals surface area contributed by atoms with E-state index in [2.05, 4.69) is 36.1 Å². The van der Waals surface area contributed by atoms with Crippen LogP contribution in [0.3, 0.4) is 0 Å². The van der Waals surface area contributed by atoms with Crippen molar-refractivity contribution in [2.45, 2.75) is 49.0 Å². The first-order valence-electron chi connectivity index (χ1n) is 7.29. The average molecular weight is 369 g/mol. The predicted molar refractivity (Wildman–Crippen MR) is 92.4 cm³/mol. The Morgan fingerprint density at radius 3 is 2.67 bits per heavy atom. The van der Waals surface area contributed by atoms with E-state index < -0.39 is 5.97 Å². The van der Waals surface area contributed by atoms with Crippen LogP contribution in [0.25, 0.3) is 0 Å². The maximum Gasteiger partial charge on any atom is 0.303 e. The third kappa shape index (κ3) is 5.64. The first kappa shape index (κ1) is 18.5. The van der Waals surface area contributed by atoms with Crippen molar-refractivity contribution in [1.29, 1.82) is 0 Å². The first-order valence-corrected chi connectivity index (χ1v) is 9.09. The second kappa shape index (κ2) is 7.80. The molecule has 0 bridgehead atoms. The minimum Gasteiger partial charge on any atom is -0.481 e. The van der Waals surface area contributed by atoms with Crippen LogP contribution in [-0.4, -0.2) is 27.0 Å². The van der Waals surface area contributed by atoms with Crippen LogP contribution in [0.4, 0.5) is 5.13 Å². The number of thiazole rings is 1. The lowest BCUT2D eigenvalue weighted by atomic mass is 9.94.